The van der Waals surface area contributed by atoms with Gasteiger partial charge in [0.05, 0.1) is 16.6 Å². The SMILES string of the molecule is Cc1cccc2c(CC(C(=O)O)N3C(=O)c4ccccc4C3=O)c(C)n(C(=O)c3ccccc3)c12. The first kappa shape index (κ1) is 22.3. The summed E-state index contributed by atoms with van der Waals surface area (Å²) in [7, 11) is 0. The smallest absolute Gasteiger partial charge is 0.327 e. The zero-order valence-electron chi connectivity index (χ0n) is 19.2. The summed E-state index contributed by atoms with van der Waals surface area (Å²) in [6.45, 7) is 3.65. The van der Waals surface area contributed by atoms with Crippen LogP contribution in [0.5, 0.6) is 0 Å². The highest BCUT2D eigenvalue weighted by atomic mass is 16.4. The number of amides is 2. The Morgan fingerprint density at radius 2 is 1.43 bits per heavy atom. The maximum Gasteiger partial charge on any atom is 0.327 e. The molecule has 1 aliphatic rings. The van der Waals surface area contributed by atoms with Crippen LogP contribution in [-0.4, -0.2) is 44.3 Å². The normalized spacial score (nSPS) is 13.8. The summed E-state index contributed by atoms with van der Waals surface area (Å²) >= 11 is 0. The largest absolute Gasteiger partial charge is 0.480 e. The van der Waals surface area contributed by atoms with Crippen molar-refractivity contribution in [2.24, 2.45) is 0 Å². The molecule has 0 saturated carbocycles. The number of carbonyl (C=O) groups is 4. The van der Waals surface area contributed by atoms with E-state index >= 15 is 0 Å². The topological polar surface area (TPSA) is 96.7 Å². The van der Waals surface area contributed by atoms with E-state index in [9.17, 15) is 24.3 Å². The Kier molecular flexibility index (Phi) is 5.32. The molecule has 1 atom stereocenters. The molecule has 0 bridgehead atoms. The lowest BCUT2D eigenvalue weighted by Gasteiger charge is -2.23. The Morgan fingerprint density at radius 1 is 0.829 bits per heavy atom. The molecule has 2 amide bonds. The number of aryl methyl sites for hydroxylation is 1. The van der Waals surface area contributed by atoms with Gasteiger partial charge in [-0.3, -0.25) is 23.9 Å². The predicted octanol–water partition coefficient (Wildman–Crippen LogP) is 4.24. The number of hydrogen-bond acceptors (Lipinski definition) is 4. The monoisotopic (exact) mass is 466 g/mol. The van der Waals surface area contributed by atoms with Gasteiger partial charge in [-0.2, -0.15) is 0 Å². The molecule has 1 N–H and O–H groups in total. The van der Waals surface area contributed by atoms with E-state index in [1.807, 2.05) is 31.2 Å². The lowest BCUT2D eigenvalue weighted by molar-refractivity contribution is -0.141. The second-order valence-electron chi connectivity index (χ2n) is 8.63. The van der Waals surface area contributed by atoms with Gasteiger partial charge in [0.2, 0.25) is 0 Å². The average Bonchev–Trinajstić information content (AvgIpc) is 3.28. The predicted molar refractivity (Wildman–Crippen MR) is 130 cm³/mol. The molecule has 0 aliphatic carbocycles. The van der Waals surface area contributed by atoms with E-state index in [1.54, 1.807) is 47.9 Å². The number of carboxylic acid groups (broad SMARTS) is 1. The molecule has 35 heavy (non-hydrogen) atoms. The molecule has 2 heterocycles. The van der Waals surface area contributed by atoms with Crippen molar-refractivity contribution in [3.63, 3.8) is 0 Å². The number of rotatable bonds is 5. The summed E-state index contributed by atoms with van der Waals surface area (Å²) in [5, 5.41) is 10.8. The van der Waals surface area contributed by atoms with E-state index in [4.69, 9.17) is 0 Å². The maximum atomic E-state index is 13.5. The number of carbonyl (C=O) groups excluding carboxylic acids is 3. The molecule has 7 nitrogen and oxygen atoms in total. The Morgan fingerprint density at radius 3 is 2.03 bits per heavy atom. The van der Waals surface area contributed by atoms with E-state index in [1.165, 1.54) is 12.1 Å². The van der Waals surface area contributed by atoms with Gasteiger partial charge in [0, 0.05) is 23.1 Å². The van der Waals surface area contributed by atoms with Crippen LogP contribution in [0.25, 0.3) is 10.9 Å². The van der Waals surface area contributed by atoms with E-state index in [0.29, 0.717) is 22.3 Å². The molecule has 174 valence electrons. The van der Waals surface area contributed by atoms with Gasteiger partial charge in [-0.25, -0.2) is 4.79 Å². The first-order valence-electron chi connectivity index (χ1n) is 11.2. The summed E-state index contributed by atoms with van der Waals surface area (Å²) in [6, 6.07) is 19.3. The quantitative estimate of drug-likeness (QED) is 0.444. The van der Waals surface area contributed by atoms with Crippen LogP contribution in [0.15, 0.2) is 72.8 Å². The number of carboxylic acids is 1. The van der Waals surface area contributed by atoms with Gasteiger partial charge in [0.1, 0.15) is 6.04 Å². The lowest BCUT2D eigenvalue weighted by Crippen LogP contribution is -2.46. The van der Waals surface area contributed by atoms with Crippen LogP contribution in [0.3, 0.4) is 0 Å². The molecular formula is C28H22N2O5. The molecule has 0 radical (unpaired) electrons. The molecule has 0 fully saturated rings. The molecule has 0 spiro atoms. The van der Waals surface area contributed by atoms with Gasteiger partial charge >= 0.3 is 5.97 Å². The third-order valence-corrected chi connectivity index (χ3v) is 6.60. The first-order valence-corrected chi connectivity index (χ1v) is 11.2. The third-order valence-electron chi connectivity index (χ3n) is 6.60. The Balaban J connectivity index is 1.64. The number of imide groups is 1. The summed E-state index contributed by atoms with van der Waals surface area (Å²) in [5.74, 6) is -2.78. The number of aliphatic carboxylic acids is 1. The van der Waals surface area contributed by atoms with Crippen LogP contribution in [0, 0.1) is 13.8 Å². The Hall–Kier alpha value is -4.52. The van der Waals surface area contributed by atoms with Gasteiger partial charge in [-0.1, -0.05) is 48.5 Å². The maximum absolute atomic E-state index is 13.5. The summed E-state index contributed by atoms with van der Waals surface area (Å²) in [6.07, 6.45) is -0.123. The van der Waals surface area contributed by atoms with Crippen LogP contribution >= 0.6 is 0 Å². The Labute approximate surface area is 201 Å². The third kappa shape index (κ3) is 3.44. The van der Waals surface area contributed by atoms with Crippen molar-refractivity contribution in [2.75, 3.05) is 0 Å². The van der Waals surface area contributed by atoms with Gasteiger partial charge in [-0.15, -0.1) is 0 Å². The highest BCUT2D eigenvalue weighted by Crippen LogP contribution is 2.33. The molecule has 5 rings (SSSR count). The minimum atomic E-state index is -1.42. The van der Waals surface area contributed by atoms with Gasteiger partial charge in [0.15, 0.2) is 0 Å². The number of hydrogen-bond donors (Lipinski definition) is 1. The van der Waals surface area contributed by atoms with Gasteiger partial charge in [0.25, 0.3) is 17.7 Å². The van der Waals surface area contributed by atoms with Crippen molar-refractivity contribution in [3.05, 3.63) is 106 Å². The minimum Gasteiger partial charge on any atom is -0.480 e. The number of para-hydroxylation sites is 1. The zero-order chi connectivity index (χ0) is 24.9. The van der Waals surface area contributed by atoms with Crippen molar-refractivity contribution < 1.29 is 24.3 Å². The summed E-state index contributed by atoms with van der Waals surface area (Å²) < 4.78 is 1.59. The second kappa shape index (κ2) is 8.36. The summed E-state index contributed by atoms with van der Waals surface area (Å²) in [4.78, 5) is 52.8. The molecule has 1 unspecified atom stereocenters. The van der Waals surface area contributed by atoms with E-state index in [0.717, 1.165) is 15.8 Å². The standard InChI is InChI=1S/C28H22N2O5/c1-16-9-8-14-19-22(17(2)29(24(16)19)25(31)18-10-4-3-5-11-18)15-23(28(34)35)30-26(32)20-12-6-7-13-21(20)27(30)33/h3-14,23H,15H2,1-2H3,(H,34,35). The average molecular weight is 466 g/mol. The first-order chi connectivity index (χ1) is 16.8. The molecule has 1 aromatic heterocycles. The molecule has 7 heteroatoms. The molecule has 0 saturated heterocycles. The number of fused-ring (bicyclic) bond motifs is 2. The van der Waals surface area contributed by atoms with E-state index in [-0.39, 0.29) is 23.5 Å². The molecule has 3 aromatic carbocycles. The van der Waals surface area contributed by atoms with Gasteiger partial charge < -0.3 is 5.11 Å². The fourth-order valence-corrected chi connectivity index (χ4v) is 4.89. The highest BCUT2D eigenvalue weighted by Gasteiger charge is 2.43. The lowest BCUT2D eigenvalue weighted by atomic mass is 10.0. The molecule has 4 aromatic rings. The fourth-order valence-electron chi connectivity index (χ4n) is 4.89. The molecule has 1 aliphatic heterocycles. The number of nitrogens with zero attached hydrogens (tertiary/aromatic N) is 2. The fraction of sp³-hybridized carbons (Fsp3) is 0.143. The second-order valence-corrected chi connectivity index (χ2v) is 8.63. The molecular weight excluding hydrogens is 444 g/mol. The van der Waals surface area contributed by atoms with Gasteiger partial charge in [-0.05, 0) is 49.2 Å². The van der Waals surface area contributed by atoms with Crippen molar-refractivity contribution in [2.45, 2.75) is 26.3 Å². The minimum absolute atomic E-state index is 0.123. The van der Waals surface area contributed by atoms with Crippen LogP contribution in [-0.2, 0) is 11.2 Å². The van der Waals surface area contributed by atoms with Crippen LogP contribution < -0.4 is 0 Å². The Bertz CT molecular complexity index is 1500. The van der Waals surface area contributed by atoms with E-state index < -0.39 is 23.8 Å². The van der Waals surface area contributed by atoms with Crippen molar-refractivity contribution >= 4 is 34.6 Å². The van der Waals surface area contributed by atoms with Crippen LogP contribution in [0.2, 0.25) is 0 Å². The van der Waals surface area contributed by atoms with Crippen molar-refractivity contribution in [1.29, 1.82) is 0 Å². The van der Waals surface area contributed by atoms with Crippen molar-refractivity contribution in [1.82, 2.24) is 9.47 Å². The van der Waals surface area contributed by atoms with Crippen LogP contribution in [0.4, 0.5) is 0 Å². The summed E-state index contributed by atoms with van der Waals surface area (Å²) in [5.41, 5.74) is 3.60. The zero-order valence-corrected chi connectivity index (χ0v) is 19.2. The van der Waals surface area contributed by atoms with Crippen molar-refractivity contribution in [3.8, 4) is 0 Å². The van der Waals surface area contributed by atoms with E-state index in [2.05, 4.69) is 0 Å². The van der Waals surface area contributed by atoms with Crippen LogP contribution in [0.1, 0.15) is 47.9 Å². The highest BCUT2D eigenvalue weighted by molar-refractivity contribution is 6.22. The number of aromatic nitrogens is 1. The number of benzene rings is 3.